The third-order valence-corrected chi connectivity index (χ3v) is 2.91. The second-order valence-corrected chi connectivity index (χ2v) is 4.53. The Morgan fingerprint density at radius 2 is 1.77 bits per heavy atom. The van der Waals surface area contributed by atoms with E-state index in [-0.39, 0.29) is 5.78 Å². The summed E-state index contributed by atoms with van der Waals surface area (Å²) in [5.41, 5.74) is 3.80. The Balaban J connectivity index is 1.93. The Labute approximate surface area is 128 Å². The summed E-state index contributed by atoms with van der Waals surface area (Å²) in [6, 6.07) is 8.00. The van der Waals surface area contributed by atoms with Gasteiger partial charge in [-0.15, -0.1) is 0 Å². The Morgan fingerprint density at radius 1 is 1.14 bits per heavy atom. The minimum Gasteiger partial charge on any atom is -0.307 e. The average Bonchev–Trinajstić information content (AvgIpc) is 2.55. The van der Waals surface area contributed by atoms with Crippen LogP contribution in [0.4, 0.5) is 16.4 Å². The number of anilines is 2. The number of urea groups is 1. The van der Waals surface area contributed by atoms with Gasteiger partial charge in [0.2, 0.25) is 5.95 Å². The highest BCUT2D eigenvalue weighted by atomic mass is 16.2. The smallest absolute Gasteiger partial charge is 0.307 e. The normalized spacial score (nSPS) is 9.91. The lowest BCUT2D eigenvalue weighted by atomic mass is 10.1. The molecule has 0 bridgehead atoms. The van der Waals surface area contributed by atoms with Gasteiger partial charge in [-0.1, -0.05) is 6.92 Å². The summed E-state index contributed by atoms with van der Waals surface area (Å²) in [7, 11) is 1.64. The summed E-state index contributed by atoms with van der Waals surface area (Å²) in [5, 5.41) is 4.08. The van der Waals surface area contributed by atoms with Crippen molar-refractivity contribution in [3.05, 3.63) is 48.3 Å². The van der Waals surface area contributed by atoms with E-state index in [2.05, 4.69) is 20.7 Å². The topological polar surface area (TPSA) is 87.2 Å². The van der Waals surface area contributed by atoms with Crippen LogP contribution in [0.3, 0.4) is 0 Å². The summed E-state index contributed by atoms with van der Waals surface area (Å²) in [5.74, 6) is 0.443. The maximum atomic E-state index is 11.9. The number of amides is 2. The molecule has 0 aliphatic carbocycles. The second kappa shape index (κ2) is 7.16. The molecule has 2 rings (SSSR count). The van der Waals surface area contributed by atoms with Gasteiger partial charge in [0.15, 0.2) is 5.78 Å². The first kappa shape index (κ1) is 15.4. The van der Waals surface area contributed by atoms with Crippen LogP contribution in [-0.2, 0) is 0 Å². The summed E-state index contributed by atoms with van der Waals surface area (Å²) >= 11 is 0. The number of rotatable bonds is 5. The minimum absolute atomic E-state index is 0.0666. The van der Waals surface area contributed by atoms with Crippen LogP contribution in [0.1, 0.15) is 23.7 Å². The van der Waals surface area contributed by atoms with Crippen LogP contribution in [0.5, 0.6) is 0 Å². The van der Waals surface area contributed by atoms with E-state index < -0.39 is 6.03 Å². The van der Waals surface area contributed by atoms with Crippen LogP contribution in [0.25, 0.3) is 0 Å². The van der Waals surface area contributed by atoms with Crippen molar-refractivity contribution in [3.8, 4) is 0 Å². The quantitative estimate of drug-likeness (QED) is 0.653. The fourth-order valence-electron chi connectivity index (χ4n) is 1.77. The fraction of sp³-hybridized carbons (Fsp3) is 0.200. The van der Waals surface area contributed by atoms with Crippen LogP contribution in [0.15, 0.2) is 42.7 Å². The van der Waals surface area contributed by atoms with E-state index in [9.17, 15) is 9.59 Å². The van der Waals surface area contributed by atoms with E-state index in [1.54, 1.807) is 49.8 Å². The summed E-state index contributed by atoms with van der Waals surface area (Å²) < 4.78 is 0. The number of nitrogens with zero attached hydrogens (tertiary/aromatic N) is 3. The van der Waals surface area contributed by atoms with Crippen molar-refractivity contribution in [2.75, 3.05) is 17.4 Å². The molecule has 0 atom stereocenters. The number of carbonyl (C=O) groups excluding carboxylic acids is 2. The lowest BCUT2D eigenvalue weighted by Gasteiger charge is -2.18. The Morgan fingerprint density at radius 3 is 2.36 bits per heavy atom. The number of nitrogens with one attached hydrogen (secondary N) is 2. The van der Waals surface area contributed by atoms with E-state index >= 15 is 0 Å². The van der Waals surface area contributed by atoms with E-state index in [1.165, 1.54) is 5.01 Å². The van der Waals surface area contributed by atoms with Gasteiger partial charge in [0.25, 0.3) is 0 Å². The molecule has 2 amide bonds. The third kappa shape index (κ3) is 4.02. The molecule has 7 heteroatoms. The van der Waals surface area contributed by atoms with Gasteiger partial charge in [0.05, 0.1) is 0 Å². The zero-order valence-electron chi connectivity index (χ0n) is 12.4. The number of hydrogen-bond acceptors (Lipinski definition) is 5. The molecule has 22 heavy (non-hydrogen) atoms. The Bertz CT molecular complexity index is 643. The molecule has 114 valence electrons. The third-order valence-electron chi connectivity index (χ3n) is 2.91. The molecule has 0 aliphatic rings. The molecule has 0 unspecified atom stereocenters. The van der Waals surface area contributed by atoms with E-state index in [0.29, 0.717) is 23.6 Å². The maximum absolute atomic E-state index is 11.9. The largest absolute Gasteiger partial charge is 0.338 e. The van der Waals surface area contributed by atoms with Crippen molar-refractivity contribution in [1.29, 1.82) is 0 Å². The van der Waals surface area contributed by atoms with Crippen molar-refractivity contribution in [1.82, 2.24) is 15.4 Å². The number of hydrazine groups is 1. The predicted octanol–water partition coefficient (Wildman–Crippen LogP) is 2.24. The number of ketones is 1. The average molecular weight is 299 g/mol. The lowest BCUT2D eigenvalue weighted by molar-refractivity contribution is 0.0988. The minimum atomic E-state index is -0.426. The summed E-state index contributed by atoms with van der Waals surface area (Å²) in [6.45, 7) is 1.81. The summed E-state index contributed by atoms with van der Waals surface area (Å²) in [6.07, 6.45) is 3.62. The molecule has 1 heterocycles. The van der Waals surface area contributed by atoms with Crippen LogP contribution >= 0.6 is 0 Å². The Kier molecular flexibility index (Phi) is 5.02. The van der Waals surface area contributed by atoms with Gasteiger partial charge in [-0.25, -0.2) is 20.2 Å². The molecule has 0 fully saturated rings. The first-order chi connectivity index (χ1) is 10.6. The number of aromatic nitrogens is 2. The van der Waals surface area contributed by atoms with Gasteiger partial charge in [0, 0.05) is 37.1 Å². The molecule has 2 aromatic rings. The molecule has 7 nitrogen and oxygen atoms in total. The second-order valence-electron chi connectivity index (χ2n) is 4.53. The van der Waals surface area contributed by atoms with Crippen molar-refractivity contribution >= 4 is 23.5 Å². The van der Waals surface area contributed by atoms with Crippen LogP contribution in [0.2, 0.25) is 0 Å². The Hall–Kier alpha value is -2.96. The molecule has 0 saturated heterocycles. The van der Waals surface area contributed by atoms with Gasteiger partial charge in [0.1, 0.15) is 0 Å². The molecule has 0 saturated carbocycles. The van der Waals surface area contributed by atoms with E-state index in [1.807, 2.05) is 6.92 Å². The van der Waals surface area contributed by atoms with Crippen LogP contribution in [-0.4, -0.2) is 28.8 Å². The molecule has 0 spiro atoms. The molecular formula is C15H17N5O2. The van der Waals surface area contributed by atoms with Gasteiger partial charge in [-0.3, -0.25) is 9.80 Å². The van der Waals surface area contributed by atoms with Gasteiger partial charge < -0.3 is 5.32 Å². The predicted molar refractivity (Wildman–Crippen MR) is 83.7 cm³/mol. The maximum Gasteiger partial charge on any atom is 0.338 e. The molecule has 0 radical (unpaired) electrons. The number of carbonyl (C=O) groups is 2. The standard InChI is InChI=1S/C15H17N5O2/c1-3-13(21)11-5-7-12(8-6-11)18-15(22)19-20(2)14-16-9-4-10-17-14/h4-10H,3H2,1-2H3,(H2,18,19,22). The SMILES string of the molecule is CCC(=O)c1ccc(NC(=O)NN(C)c2ncccn2)cc1. The van der Waals surface area contributed by atoms with E-state index in [4.69, 9.17) is 0 Å². The number of benzene rings is 1. The highest BCUT2D eigenvalue weighted by Crippen LogP contribution is 2.11. The highest BCUT2D eigenvalue weighted by molar-refractivity contribution is 5.97. The number of Topliss-reactive ketones (excluding diaryl/α,β-unsaturated/α-hetero) is 1. The first-order valence-electron chi connectivity index (χ1n) is 6.81. The highest BCUT2D eigenvalue weighted by Gasteiger charge is 2.08. The van der Waals surface area contributed by atoms with Crippen molar-refractivity contribution < 1.29 is 9.59 Å². The zero-order chi connectivity index (χ0) is 15.9. The molecule has 1 aromatic carbocycles. The lowest BCUT2D eigenvalue weighted by Crippen LogP contribution is -2.42. The molecule has 1 aromatic heterocycles. The monoisotopic (exact) mass is 299 g/mol. The van der Waals surface area contributed by atoms with Gasteiger partial charge in [-0.05, 0) is 30.3 Å². The van der Waals surface area contributed by atoms with Crippen molar-refractivity contribution in [2.45, 2.75) is 13.3 Å². The van der Waals surface area contributed by atoms with E-state index in [0.717, 1.165) is 0 Å². The van der Waals surface area contributed by atoms with Crippen LogP contribution < -0.4 is 15.8 Å². The van der Waals surface area contributed by atoms with Crippen molar-refractivity contribution in [3.63, 3.8) is 0 Å². The first-order valence-corrected chi connectivity index (χ1v) is 6.81. The van der Waals surface area contributed by atoms with Gasteiger partial charge >= 0.3 is 6.03 Å². The zero-order valence-corrected chi connectivity index (χ0v) is 12.4. The van der Waals surface area contributed by atoms with Crippen molar-refractivity contribution in [2.24, 2.45) is 0 Å². The molecular weight excluding hydrogens is 282 g/mol. The number of hydrogen-bond donors (Lipinski definition) is 2. The molecule has 2 N–H and O–H groups in total. The summed E-state index contributed by atoms with van der Waals surface area (Å²) in [4.78, 5) is 31.4. The van der Waals surface area contributed by atoms with Gasteiger partial charge in [-0.2, -0.15) is 0 Å². The molecule has 0 aliphatic heterocycles. The fourth-order valence-corrected chi connectivity index (χ4v) is 1.77. The van der Waals surface area contributed by atoms with Crippen LogP contribution in [0, 0.1) is 0 Å².